The van der Waals surface area contributed by atoms with Crippen LogP contribution in [0.25, 0.3) is 235 Å². The maximum absolute atomic E-state index is 6.37. The fourth-order valence-electron chi connectivity index (χ4n) is 19.8. The number of aromatic nitrogens is 9. The summed E-state index contributed by atoms with van der Waals surface area (Å²) in [7, 11) is 0. The first-order valence-corrected chi connectivity index (χ1v) is 42.2. The fourth-order valence-corrected chi connectivity index (χ4v) is 21.0. The fraction of sp³-hybridized carbons (Fsp3) is 0.0270. The highest BCUT2D eigenvalue weighted by molar-refractivity contribution is 7.26. The summed E-state index contributed by atoms with van der Waals surface area (Å²) in [4.78, 5) is 0. The Morgan fingerprint density at radius 1 is 0.238 bits per heavy atom. The van der Waals surface area contributed by atoms with E-state index in [-0.39, 0.29) is 5.41 Å². The normalized spacial score (nSPS) is 12.6. The highest BCUT2D eigenvalue weighted by Gasteiger charge is 2.37. The number of benzene rings is 18. The molecule has 0 saturated carbocycles. The van der Waals surface area contributed by atoms with Crippen LogP contribution in [0.2, 0.25) is 0 Å². The van der Waals surface area contributed by atoms with Gasteiger partial charge in [0.15, 0.2) is 17.5 Å². The molecule has 27 rings (SSSR count). The van der Waals surface area contributed by atoms with Crippen molar-refractivity contribution in [3.63, 3.8) is 0 Å². The van der Waals surface area contributed by atoms with Crippen LogP contribution in [0.4, 0.5) is 0 Å². The summed E-state index contributed by atoms with van der Waals surface area (Å²) in [6, 6.07) is 136. The van der Waals surface area contributed by atoms with Crippen molar-refractivity contribution in [2.75, 3.05) is 0 Å². The molecule has 570 valence electrons. The van der Waals surface area contributed by atoms with Gasteiger partial charge in [0.25, 0.3) is 0 Å². The lowest BCUT2D eigenvalue weighted by atomic mass is 9.82. The first kappa shape index (κ1) is 69.3. The summed E-state index contributed by atoms with van der Waals surface area (Å²) in [5.74, 6) is 2.52. The molecule has 10 nitrogen and oxygen atoms in total. The predicted octanol–water partition coefficient (Wildman–Crippen LogP) is 29.2. The summed E-state index contributed by atoms with van der Waals surface area (Å²) in [5, 5.41) is 55.6. The highest BCUT2D eigenvalue weighted by Crippen LogP contribution is 2.53. The molecule has 0 N–H and O–H groups in total. The lowest BCUT2D eigenvalue weighted by Crippen LogP contribution is -2.14. The molecule has 0 amide bonds. The molecule has 8 heterocycles. The van der Waals surface area contributed by atoms with Crippen molar-refractivity contribution in [2.24, 2.45) is 0 Å². The van der Waals surface area contributed by atoms with Crippen LogP contribution < -0.4 is 0 Å². The minimum atomic E-state index is -0.0726. The van der Waals surface area contributed by atoms with E-state index in [2.05, 4.69) is 392 Å². The average molecular weight is 1580 g/mol. The van der Waals surface area contributed by atoms with Gasteiger partial charge in [0.2, 0.25) is 0 Å². The second-order valence-electron chi connectivity index (χ2n) is 32.4. The Bertz CT molecular complexity index is 8580. The number of fused-ring (bicyclic) bond motifs is 24. The third-order valence-electron chi connectivity index (χ3n) is 25.4. The van der Waals surface area contributed by atoms with Crippen LogP contribution in [-0.2, 0) is 5.41 Å². The van der Waals surface area contributed by atoms with Gasteiger partial charge in [-0.1, -0.05) is 323 Å². The Labute approximate surface area is 702 Å². The lowest BCUT2D eigenvalue weighted by Gasteiger charge is -2.21. The Kier molecular flexibility index (Phi) is 15.4. The number of rotatable bonds is 6. The Morgan fingerprint density at radius 2 is 0.574 bits per heavy atom. The molecule has 11 heteroatoms. The van der Waals surface area contributed by atoms with Gasteiger partial charge in [-0.25, -0.2) is 0 Å². The Balaban J connectivity index is 0.000000101. The summed E-state index contributed by atoms with van der Waals surface area (Å²) in [6.07, 6.45) is 0. The first-order valence-electron chi connectivity index (χ1n) is 41.4. The molecule has 0 radical (unpaired) electrons. The van der Waals surface area contributed by atoms with E-state index in [4.69, 9.17) is 35.0 Å². The SMILES string of the molecule is CC1(C)c2ccccc2-c2c(-c3nnc(-n4c5ccccc5c5cc6ccccc6cc54)c4ccccc34)cccc21.c1ccc2cc3c(cc2c1)c1ccccc1n3-c1nnc(-c2cccc3c2oc2ccccc23)c2ccccc12.c1ccc2cc3c(cc2c1)c1ccccc1n3-c1nnc(-c2cccc3c2sc2ccccc23)c2ccccc12. The maximum Gasteiger partial charge on any atom is 0.168 e. The summed E-state index contributed by atoms with van der Waals surface area (Å²) < 4.78 is 15.8. The summed E-state index contributed by atoms with van der Waals surface area (Å²) in [6.45, 7) is 4.64. The second-order valence-corrected chi connectivity index (χ2v) is 33.5. The molecule has 0 fully saturated rings. The van der Waals surface area contributed by atoms with Gasteiger partial charge in [0.1, 0.15) is 28.2 Å². The van der Waals surface area contributed by atoms with Gasteiger partial charge in [-0.3, -0.25) is 13.7 Å². The number of hydrogen-bond donors (Lipinski definition) is 0. The van der Waals surface area contributed by atoms with E-state index in [1.54, 1.807) is 0 Å². The predicted molar refractivity (Wildman–Crippen MR) is 508 cm³/mol. The molecular formula is C111H69N9OS. The van der Waals surface area contributed by atoms with E-state index >= 15 is 0 Å². The van der Waals surface area contributed by atoms with Crippen molar-refractivity contribution in [3.8, 4) is 62.4 Å². The van der Waals surface area contributed by atoms with Crippen molar-refractivity contribution in [1.82, 2.24) is 44.3 Å². The first-order chi connectivity index (χ1) is 60.3. The van der Waals surface area contributed by atoms with E-state index in [0.29, 0.717) is 0 Å². The molecule has 0 saturated heterocycles. The Morgan fingerprint density at radius 3 is 1.07 bits per heavy atom. The molecule has 0 atom stereocenters. The van der Waals surface area contributed by atoms with Gasteiger partial charge in [0.05, 0.1) is 33.1 Å². The highest BCUT2D eigenvalue weighted by atomic mass is 32.1. The van der Waals surface area contributed by atoms with Crippen LogP contribution in [0.1, 0.15) is 25.0 Å². The molecular weight excluding hydrogens is 1510 g/mol. The second kappa shape index (κ2) is 27.1. The number of thiophene rings is 1. The molecule has 8 aromatic heterocycles. The molecule has 0 aliphatic heterocycles. The van der Waals surface area contributed by atoms with Crippen molar-refractivity contribution < 1.29 is 4.42 Å². The average Bonchev–Trinajstić information content (AvgIpc) is 1.56. The molecule has 0 spiro atoms. The molecule has 122 heavy (non-hydrogen) atoms. The van der Waals surface area contributed by atoms with Gasteiger partial charge < -0.3 is 4.42 Å². The van der Waals surface area contributed by atoms with Gasteiger partial charge >= 0.3 is 0 Å². The van der Waals surface area contributed by atoms with Crippen LogP contribution in [0.15, 0.2) is 387 Å². The van der Waals surface area contributed by atoms with Crippen molar-refractivity contribution in [1.29, 1.82) is 0 Å². The van der Waals surface area contributed by atoms with E-state index in [0.717, 1.165) is 139 Å². The van der Waals surface area contributed by atoms with Gasteiger partial charge in [-0.05, 0) is 127 Å². The number of nitrogens with zero attached hydrogens (tertiary/aromatic N) is 9. The standard InChI is InChI=1S/C39H27N3.C36H21N3O.C36H21N3S/c1-39(2)32-19-9-7-17-29(32)36-30(18-11-20-33(36)39)37-27-15-5-6-16-28(27)38(41-40-37)42-34-21-10-8-14-26(34)31-22-24-12-3-4-13-25(24)23-35(31)42;2*1-2-11-23-21-32-30(20-22(23)10-1)24-12-5-7-18-31(24)39(32)36-28-15-4-3-14-26(28)34(37-38-36)29-17-9-16-27-25-13-6-8-19-33(25)40-35(27)29/h3-23H,1-2H3;2*1-21H. The zero-order chi connectivity index (χ0) is 80.4. The van der Waals surface area contributed by atoms with Crippen LogP contribution >= 0.6 is 11.3 Å². The van der Waals surface area contributed by atoms with E-state index in [9.17, 15) is 0 Å². The van der Waals surface area contributed by atoms with Crippen molar-refractivity contribution in [2.45, 2.75) is 19.3 Å². The van der Waals surface area contributed by atoms with Gasteiger partial charge in [-0.15, -0.1) is 41.9 Å². The van der Waals surface area contributed by atoms with Crippen molar-refractivity contribution in [3.05, 3.63) is 393 Å². The lowest BCUT2D eigenvalue weighted by molar-refractivity contribution is 0.660. The van der Waals surface area contributed by atoms with Crippen LogP contribution in [0.5, 0.6) is 0 Å². The smallest absolute Gasteiger partial charge is 0.168 e. The largest absolute Gasteiger partial charge is 0.455 e. The van der Waals surface area contributed by atoms with Gasteiger partial charge in [-0.2, -0.15) is 0 Å². The molecule has 0 bridgehead atoms. The van der Waals surface area contributed by atoms with Crippen LogP contribution in [-0.4, -0.2) is 44.3 Å². The summed E-state index contributed by atoms with van der Waals surface area (Å²) in [5.41, 5.74) is 19.5. The molecule has 1 aliphatic carbocycles. The van der Waals surface area contributed by atoms with E-state index < -0.39 is 0 Å². The van der Waals surface area contributed by atoms with E-state index in [1.807, 2.05) is 29.5 Å². The molecule has 1 aliphatic rings. The zero-order valence-corrected chi connectivity index (χ0v) is 67.0. The monoisotopic (exact) mass is 1580 g/mol. The molecule has 18 aromatic carbocycles. The number of para-hydroxylation sites is 5. The topological polar surface area (TPSA) is 105 Å². The maximum atomic E-state index is 6.37. The van der Waals surface area contributed by atoms with E-state index in [1.165, 1.54) is 107 Å². The Hall–Kier alpha value is -15.8. The summed E-state index contributed by atoms with van der Waals surface area (Å²) >= 11 is 1.83. The molecule has 0 unspecified atom stereocenters. The zero-order valence-electron chi connectivity index (χ0n) is 66.2. The third-order valence-corrected chi connectivity index (χ3v) is 26.7. The van der Waals surface area contributed by atoms with Gasteiger partial charge in [0, 0.05) is 118 Å². The minimum Gasteiger partial charge on any atom is -0.455 e. The minimum absolute atomic E-state index is 0.0726. The molecule has 26 aromatic rings. The third kappa shape index (κ3) is 10.5. The quantitative estimate of drug-likeness (QED) is 0.163. The van der Waals surface area contributed by atoms with Crippen molar-refractivity contribution >= 4 is 183 Å². The van der Waals surface area contributed by atoms with Crippen LogP contribution in [0, 0.1) is 0 Å². The number of hydrogen-bond acceptors (Lipinski definition) is 8. The number of furan rings is 1. The van der Waals surface area contributed by atoms with Crippen LogP contribution in [0.3, 0.4) is 0 Å².